The van der Waals surface area contributed by atoms with E-state index in [1.807, 2.05) is 5.57 Å². The Morgan fingerprint density at radius 1 is 1.07 bits per heavy atom. The Morgan fingerprint density at radius 3 is 2.70 bits per heavy atom. The van der Waals surface area contributed by atoms with Gasteiger partial charge in [-0.05, 0) is 111 Å². The second-order valence-electron chi connectivity index (χ2n) is 11.5. The number of hydrogen-bond acceptors (Lipinski definition) is 2. The maximum absolute atomic E-state index is 10.3. The molecule has 2 nitrogen and oxygen atoms in total. The number of hydrogen-bond donors (Lipinski definition) is 2. The van der Waals surface area contributed by atoms with Gasteiger partial charge in [0.1, 0.15) is 0 Å². The summed E-state index contributed by atoms with van der Waals surface area (Å²) in [4.78, 5) is 0. The third-order valence-corrected chi connectivity index (χ3v) is 10.4. The molecule has 2 unspecified atom stereocenters. The monoisotopic (exact) mass is 371 g/mol. The molecule has 27 heavy (non-hydrogen) atoms. The topological polar surface area (TPSA) is 32.3 Å². The highest BCUT2D eigenvalue weighted by Gasteiger charge is 2.60. The molecule has 3 saturated carbocycles. The van der Waals surface area contributed by atoms with E-state index in [-0.39, 0.29) is 6.10 Å². The molecule has 1 heterocycles. The van der Waals surface area contributed by atoms with Crippen LogP contribution in [0.1, 0.15) is 78.6 Å². The fourth-order valence-corrected chi connectivity index (χ4v) is 8.97. The fourth-order valence-electron chi connectivity index (χ4n) is 8.97. The van der Waals surface area contributed by atoms with Gasteiger partial charge in [0.15, 0.2) is 0 Å². The number of fused-ring (bicyclic) bond motifs is 5. The van der Waals surface area contributed by atoms with Gasteiger partial charge in [0, 0.05) is 6.54 Å². The molecule has 4 aliphatic carbocycles. The van der Waals surface area contributed by atoms with E-state index in [1.54, 1.807) is 0 Å². The minimum absolute atomic E-state index is 0.0285. The van der Waals surface area contributed by atoms with Crippen molar-refractivity contribution in [1.82, 2.24) is 5.32 Å². The maximum Gasteiger partial charge on any atom is 0.0543 e. The van der Waals surface area contributed by atoms with Gasteiger partial charge < -0.3 is 10.4 Å². The van der Waals surface area contributed by atoms with Crippen LogP contribution in [-0.4, -0.2) is 24.3 Å². The first kappa shape index (κ1) is 18.7. The zero-order chi connectivity index (χ0) is 18.8. The predicted molar refractivity (Wildman–Crippen MR) is 111 cm³/mol. The van der Waals surface area contributed by atoms with Gasteiger partial charge in [-0.3, -0.25) is 0 Å². The lowest BCUT2D eigenvalue weighted by Crippen LogP contribution is -2.56. The third-order valence-electron chi connectivity index (χ3n) is 10.4. The van der Waals surface area contributed by atoms with Gasteiger partial charge in [-0.25, -0.2) is 0 Å². The Labute approximate surface area is 166 Å². The number of rotatable bonds is 1. The molecule has 0 amide bonds. The molecular weight excluding hydrogens is 330 g/mol. The lowest BCUT2D eigenvalue weighted by molar-refractivity contribution is -0.140. The largest absolute Gasteiger partial charge is 0.393 e. The summed E-state index contributed by atoms with van der Waals surface area (Å²) in [6.07, 6.45) is 14.4. The number of piperidine rings is 1. The summed E-state index contributed by atoms with van der Waals surface area (Å²) in [5, 5.41) is 14.0. The Morgan fingerprint density at radius 2 is 1.93 bits per heavy atom. The molecule has 2 N–H and O–H groups in total. The molecule has 152 valence electrons. The van der Waals surface area contributed by atoms with Crippen LogP contribution in [0.25, 0.3) is 0 Å². The molecule has 0 radical (unpaired) electrons. The maximum atomic E-state index is 10.3. The van der Waals surface area contributed by atoms with E-state index in [0.717, 1.165) is 48.3 Å². The predicted octanol–water partition coefficient (Wildman–Crippen LogP) is 5.17. The van der Waals surface area contributed by atoms with E-state index in [9.17, 15) is 5.11 Å². The van der Waals surface area contributed by atoms with Crippen molar-refractivity contribution in [3.05, 3.63) is 11.6 Å². The number of aliphatic hydroxyl groups is 1. The summed E-state index contributed by atoms with van der Waals surface area (Å²) in [6.45, 7) is 10.3. The summed E-state index contributed by atoms with van der Waals surface area (Å²) in [7, 11) is 0. The van der Waals surface area contributed by atoms with Gasteiger partial charge in [0.2, 0.25) is 0 Å². The molecule has 0 spiro atoms. The van der Waals surface area contributed by atoms with Crippen LogP contribution in [0.5, 0.6) is 0 Å². The van der Waals surface area contributed by atoms with E-state index in [1.165, 1.54) is 58.0 Å². The van der Waals surface area contributed by atoms with E-state index in [2.05, 4.69) is 32.2 Å². The summed E-state index contributed by atoms with van der Waals surface area (Å²) in [6, 6.07) is 0. The van der Waals surface area contributed by atoms with Crippen LogP contribution in [0.2, 0.25) is 0 Å². The van der Waals surface area contributed by atoms with Crippen molar-refractivity contribution in [2.24, 2.45) is 46.3 Å². The van der Waals surface area contributed by atoms with Gasteiger partial charge in [-0.2, -0.15) is 0 Å². The van der Waals surface area contributed by atoms with Crippen molar-refractivity contribution in [1.29, 1.82) is 0 Å². The van der Waals surface area contributed by atoms with Crippen molar-refractivity contribution in [3.63, 3.8) is 0 Å². The van der Waals surface area contributed by atoms with Gasteiger partial charge in [0.05, 0.1) is 6.10 Å². The number of allylic oxidation sites excluding steroid dienone is 1. The van der Waals surface area contributed by atoms with Crippen LogP contribution >= 0.6 is 0 Å². The molecule has 0 aromatic carbocycles. The van der Waals surface area contributed by atoms with Crippen molar-refractivity contribution in [3.8, 4) is 0 Å². The van der Waals surface area contributed by atoms with Gasteiger partial charge in [0.25, 0.3) is 0 Å². The molecule has 5 rings (SSSR count). The standard InChI is InChI=1S/C25H41NO/c1-16-13-18-14-19(27)8-10-24(18,2)22-9-11-25(3)20(6-7-21(25)23(16)22)17-5-4-12-26-15-17/h6,16-19,21-23,26-27H,4-5,7-15H2,1-3H3/t16-,17?,18?,19+,21-,22-,23-,24-,25+/m0/s1. The van der Waals surface area contributed by atoms with Crippen LogP contribution < -0.4 is 5.32 Å². The highest BCUT2D eigenvalue weighted by atomic mass is 16.3. The van der Waals surface area contributed by atoms with E-state index in [0.29, 0.717) is 10.8 Å². The van der Waals surface area contributed by atoms with Crippen LogP contribution in [0.15, 0.2) is 11.6 Å². The Kier molecular flexibility index (Phi) is 4.56. The molecule has 5 aliphatic rings. The quantitative estimate of drug-likeness (QED) is 0.623. The lowest BCUT2D eigenvalue weighted by atomic mass is 9.42. The molecule has 4 fully saturated rings. The number of aliphatic hydroxyl groups excluding tert-OH is 1. The van der Waals surface area contributed by atoms with Crippen molar-refractivity contribution >= 4 is 0 Å². The van der Waals surface area contributed by atoms with Gasteiger partial charge in [-0.15, -0.1) is 0 Å². The molecule has 0 bridgehead atoms. The summed E-state index contributed by atoms with van der Waals surface area (Å²) < 4.78 is 0. The highest BCUT2D eigenvalue weighted by molar-refractivity contribution is 5.28. The van der Waals surface area contributed by atoms with E-state index >= 15 is 0 Å². The smallest absolute Gasteiger partial charge is 0.0543 e. The summed E-state index contributed by atoms with van der Waals surface area (Å²) in [5.74, 6) is 5.09. The molecule has 2 heteroatoms. The molecule has 0 aromatic rings. The van der Waals surface area contributed by atoms with E-state index < -0.39 is 0 Å². The Balaban J connectivity index is 1.42. The first-order chi connectivity index (χ1) is 12.9. The van der Waals surface area contributed by atoms with Crippen LogP contribution in [0.3, 0.4) is 0 Å². The van der Waals surface area contributed by atoms with Crippen LogP contribution in [0, 0.1) is 46.3 Å². The molecule has 0 aromatic heterocycles. The SMILES string of the molecule is C[C@H]1CC2C[C@H](O)CC[C@]2(C)[C@H]2CC[C@]3(C)C(C4CCCNC4)=CC[C@H]3[C@H]12. The van der Waals surface area contributed by atoms with Gasteiger partial charge >= 0.3 is 0 Å². The van der Waals surface area contributed by atoms with Crippen molar-refractivity contribution in [2.45, 2.75) is 84.7 Å². The Bertz CT molecular complexity index is 607. The Hall–Kier alpha value is -0.340. The van der Waals surface area contributed by atoms with Crippen LogP contribution in [0.4, 0.5) is 0 Å². The summed E-state index contributed by atoms with van der Waals surface area (Å²) >= 11 is 0. The zero-order valence-electron chi connectivity index (χ0n) is 17.8. The average Bonchev–Trinajstić information content (AvgIpc) is 3.01. The minimum Gasteiger partial charge on any atom is -0.393 e. The third kappa shape index (κ3) is 2.72. The fraction of sp³-hybridized carbons (Fsp3) is 0.920. The first-order valence-corrected chi connectivity index (χ1v) is 12.0. The van der Waals surface area contributed by atoms with Crippen molar-refractivity contribution < 1.29 is 5.11 Å². The first-order valence-electron chi connectivity index (χ1n) is 12.0. The number of nitrogens with one attached hydrogen (secondary N) is 1. The average molecular weight is 372 g/mol. The molecule has 1 aliphatic heterocycles. The minimum atomic E-state index is -0.0285. The summed E-state index contributed by atoms with van der Waals surface area (Å²) in [5.41, 5.74) is 2.81. The van der Waals surface area contributed by atoms with Gasteiger partial charge in [-0.1, -0.05) is 32.4 Å². The van der Waals surface area contributed by atoms with Crippen LogP contribution in [-0.2, 0) is 0 Å². The van der Waals surface area contributed by atoms with E-state index in [4.69, 9.17) is 0 Å². The molecular formula is C25H41NO. The molecule has 9 atom stereocenters. The normalized spacial score (nSPS) is 55.3. The lowest BCUT2D eigenvalue weighted by Gasteiger charge is -2.63. The second-order valence-corrected chi connectivity index (χ2v) is 11.5. The molecule has 1 saturated heterocycles. The zero-order valence-corrected chi connectivity index (χ0v) is 17.8. The highest BCUT2D eigenvalue weighted by Crippen LogP contribution is 2.68. The second kappa shape index (κ2) is 6.59. The van der Waals surface area contributed by atoms with Crippen molar-refractivity contribution in [2.75, 3.05) is 13.1 Å².